The van der Waals surface area contributed by atoms with E-state index in [0.717, 1.165) is 50.5 Å². The highest BCUT2D eigenvalue weighted by Crippen LogP contribution is 2.12. The molecule has 1 N–H and O–H groups in total. The third-order valence-electron chi connectivity index (χ3n) is 3.06. The van der Waals surface area contributed by atoms with Crippen LogP contribution in [-0.2, 0) is 22.6 Å². The predicted octanol–water partition coefficient (Wildman–Crippen LogP) is 1.89. The molecule has 4 heteroatoms. The number of rotatable bonds is 6. The maximum absolute atomic E-state index is 5.87. The van der Waals surface area contributed by atoms with Gasteiger partial charge in [-0.05, 0) is 31.5 Å². The van der Waals surface area contributed by atoms with Gasteiger partial charge in [0, 0.05) is 19.8 Å². The third-order valence-corrected chi connectivity index (χ3v) is 3.06. The van der Waals surface area contributed by atoms with E-state index in [1.165, 1.54) is 0 Å². The van der Waals surface area contributed by atoms with E-state index in [1.807, 2.05) is 18.2 Å². The van der Waals surface area contributed by atoms with E-state index < -0.39 is 0 Å². The Morgan fingerprint density at radius 1 is 1.33 bits per heavy atom. The predicted molar refractivity (Wildman–Crippen MR) is 70.2 cm³/mol. The Hall–Kier alpha value is -0.970. The number of pyridine rings is 1. The Kier molecular flexibility index (Phi) is 5.58. The van der Waals surface area contributed by atoms with Crippen LogP contribution in [-0.4, -0.2) is 30.8 Å². The molecule has 0 amide bonds. The topological polar surface area (TPSA) is 43.4 Å². The second-order valence-electron chi connectivity index (χ2n) is 4.52. The van der Waals surface area contributed by atoms with Crippen molar-refractivity contribution in [2.75, 3.05) is 19.8 Å². The van der Waals surface area contributed by atoms with Crippen molar-refractivity contribution < 1.29 is 9.47 Å². The van der Waals surface area contributed by atoms with Gasteiger partial charge < -0.3 is 14.8 Å². The van der Waals surface area contributed by atoms with Crippen molar-refractivity contribution in [1.82, 2.24) is 10.3 Å². The van der Waals surface area contributed by atoms with Gasteiger partial charge in [0.2, 0.25) is 0 Å². The van der Waals surface area contributed by atoms with Gasteiger partial charge in [-0.3, -0.25) is 4.98 Å². The van der Waals surface area contributed by atoms with Crippen LogP contribution in [0.1, 0.15) is 31.2 Å². The minimum atomic E-state index is 0.331. The van der Waals surface area contributed by atoms with E-state index in [1.54, 1.807) is 0 Å². The molecule has 1 fully saturated rings. The summed E-state index contributed by atoms with van der Waals surface area (Å²) in [5, 5.41) is 3.28. The quantitative estimate of drug-likeness (QED) is 0.837. The Bertz CT molecular complexity index is 351. The molecule has 1 saturated heterocycles. The van der Waals surface area contributed by atoms with E-state index >= 15 is 0 Å². The summed E-state index contributed by atoms with van der Waals surface area (Å²) < 4.78 is 11.2. The Labute approximate surface area is 109 Å². The summed E-state index contributed by atoms with van der Waals surface area (Å²) in [6.45, 7) is 6.12. The second-order valence-corrected chi connectivity index (χ2v) is 4.52. The summed E-state index contributed by atoms with van der Waals surface area (Å²) in [7, 11) is 0. The molecule has 1 aromatic heterocycles. The van der Waals surface area contributed by atoms with Crippen molar-refractivity contribution in [2.45, 2.75) is 39.0 Å². The molecule has 1 aliphatic heterocycles. The first kappa shape index (κ1) is 13.5. The molecular formula is C14H22N2O2. The summed E-state index contributed by atoms with van der Waals surface area (Å²) in [6, 6.07) is 6.11. The first-order chi connectivity index (χ1) is 8.88. The first-order valence-corrected chi connectivity index (χ1v) is 6.73. The van der Waals surface area contributed by atoms with Crippen molar-refractivity contribution in [1.29, 1.82) is 0 Å². The standard InChI is InChI=1S/C14H22N2O2/c1-2-15-10-12-4-3-5-13(16-12)11-18-14-6-8-17-9-7-14/h3-5,14-15H,2,6-11H2,1H3. The second kappa shape index (κ2) is 7.46. The molecule has 2 heterocycles. The van der Waals surface area contributed by atoms with Crippen molar-refractivity contribution in [3.05, 3.63) is 29.6 Å². The molecule has 0 aromatic carbocycles. The van der Waals surface area contributed by atoms with E-state index in [-0.39, 0.29) is 0 Å². The highest BCUT2D eigenvalue weighted by molar-refractivity contribution is 5.10. The van der Waals surface area contributed by atoms with Gasteiger partial charge in [-0.2, -0.15) is 0 Å². The minimum absolute atomic E-state index is 0.331. The molecule has 0 atom stereocenters. The maximum Gasteiger partial charge on any atom is 0.0891 e. The number of hydrogen-bond acceptors (Lipinski definition) is 4. The summed E-state index contributed by atoms with van der Waals surface area (Å²) in [4.78, 5) is 4.58. The smallest absolute Gasteiger partial charge is 0.0891 e. The molecule has 0 aliphatic carbocycles. The van der Waals surface area contributed by atoms with Crippen LogP contribution in [0, 0.1) is 0 Å². The summed E-state index contributed by atoms with van der Waals surface area (Å²) in [6.07, 6.45) is 2.33. The molecule has 0 spiro atoms. The molecule has 0 bridgehead atoms. The lowest BCUT2D eigenvalue weighted by Crippen LogP contribution is -2.23. The van der Waals surface area contributed by atoms with Crippen LogP contribution < -0.4 is 5.32 Å². The number of ether oxygens (including phenoxy) is 2. The molecule has 1 aromatic rings. The lowest BCUT2D eigenvalue weighted by Gasteiger charge is -2.22. The molecule has 0 unspecified atom stereocenters. The number of aromatic nitrogens is 1. The number of hydrogen-bond donors (Lipinski definition) is 1. The van der Waals surface area contributed by atoms with Crippen molar-refractivity contribution in [3.63, 3.8) is 0 Å². The fourth-order valence-corrected chi connectivity index (χ4v) is 2.01. The van der Waals surface area contributed by atoms with Gasteiger partial charge in [0.1, 0.15) is 0 Å². The average molecular weight is 250 g/mol. The minimum Gasteiger partial charge on any atom is -0.381 e. The molecule has 18 heavy (non-hydrogen) atoms. The monoisotopic (exact) mass is 250 g/mol. The number of nitrogens with one attached hydrogen (secondary N) is 1. The zero-order valence-corrected chi connectivity index (χ0v) is 11.0. The Morgan fingerprint density at radius 2 is 2.11 bits per heavy atom. The average Bonchev–Trinajstić information content (AvgIpc) is 2.44. The molecule has 2 rings (SSSR count). The molecule has 4 nitrogen and oxygen atoms in total. The fraction of sp³-hybridized carbons (Fsp3) is 0.643. The van der Waals surface area contributed by atoms with Crippen molar-refractivity contribution in [2.24, 2.45) is 0 Å². The van der Waals surface area contributed by atoms with Gasteiger partial charge in [-0.25, -0.2) is 0 Å². The third kappa shape index (κ3) is 4.37. The van der Waals surface area contributed by atoms with Crippen molar-refractivity contribution in [3.8, 4) is 0 Å². The van der Waals surface area contributed by atoms with E-state index in [4.69, 9.17) is 9.47 Å². The van der Waals surface area contributed by atoms with Crippen LogP contribution in [0.4, 0.5) is 0 Å². The van der Waals surface area contributed by atoms with Crippen LogP contribution in [0.5, 0.6) is 0 Å². The van der Waals surface area contributed by atoms with Crippen molar-refractivity contribution >= 4 is 0 Å². The first-order valence-electron chi connectivity index (χ1n) is 6.73. The lowest BCUT2D eigenvalue weighted by atomic mass is 10.1. The SMILES string of the molecule is CCNCc1cccc(COC2CCOCC2)n1. The van der Waals surface area contributed by atoms with Gasteiger partial charge >= 0.3 is 0 Å². The molecule has 100 valence electrons. The Balaban J connectivity index is 1.80. The molecule has 1 aliphatic rings. The molecule has 0 radical (unpaired) electrons. The normalized spacial score (nSPS) is 16.9. The largest absolute Gasteiger partial charge is 0.381 e. The highest BCUT2D eigenvalue weighted by atomic mass is 16.5. The molecular weight excluding hydrogens is 228 g/mol. The fourth-order valence-electron chi connectivity index (χ4n) is 2.01. The summed E-state index contributed by atoms with van der Waals surface area (Å²) in [5.41, 5.74) is 2.09. The Morgan fingerprint density at radius 3 is 2.89 bits per heavy atom. The van der Waals surface area contributed by atoms with Gasteiger partial charge in [-0.15, -0.1) is 0 Å². The van der Waals surface area contributed by atoms with E-state index in [9.17, 15) is 0 Å². The van der Waals surface area contributed by atoms with Crippen LogP contribution in [0.2, 0.25) is 0 Å². The number of nitrogens with zero attached hydrogens (tertiary/aromatic N) is 1. The van der Waals surface area contributed by atoms with Crippen LogP contribution >= 0.6 is 0 Å². The van der Waals surface area contributed by atoms with Crippen LogP contribution in [0.3, 0.4) is 0 Å². The zero-order chi connectivity index (χ0) is 12.6. The molecule has 0 saturated carbocycles. The summed E-state index contributed by atoms with van der Waals surface area (Å²) >= 11 is 0. The van der Waals surface area contributed by atoms with Gasteiger partial charge in [0.25, 0.3) is 0 Å². The zero-order valence-electron chi connectivity index (χ0n) is 11.0. The van der Waals surface area contributed by atoms with Gasteiger partial charge in [0.05, 0.1) is 24.1 Å². The van der Waals surface area contributed by atoms with Gasteiger partial charge in [0.15, 0.2) is 0 Å². The summed E-state index contributed by atoms with van der Waals surface area (Å²) in [5.74, 6) is 0. The van der Waals surface area contributed by atoms with E-state index in [2.05, 4.69) is 17.2 Å². The van der Waals surface area contributed by atoms with E-state index in [0.29, 0.717) is 12.7 Å². The van der Waals surface area contributed by atoms with Crippen LogP contribution in [0.15, 0.2) is 18.2 Å². The van der Waals surface area contributed by atoms with Gasteiger partial charge in [-0.1, -0.05) is 13.0 Å². The lowest BCUT2D eigenvalue weighted by molar-refractivity contribution is -0.0399. The highest BCUT2D eigenvalue weighted by Gasteiger charge is 2.14. The maximum atomic E-state index is 5.87. The van der Waals surface area contributed by atoms with Crippen LogP contribution in [0.25, 0.3) is 0 Å².